The number of hydrogen-bond acceptors (Lipinski definition) is 4. The summed E-state index contributed by atoms with van der Waals surface area (Å²) in [6.07, 6.45) is 4.94. The summed E-state index contributed by atoms with van der Waals surface area (Å²) in [6, 6.07) is 17.5. The van der Waals surface area contributed by atoms with Crippen LogP contribution in [0.2, 0.25) is 0 Å². The van der Waals surface area contributed by atoms with Crippen molar-refractivity contribution < 1.29 is 14.6 Å². The second-order valence-corrected chi connectivity index (χ2v) is 6.91. The third-order valence-corrected chi connectivity index (χ3v) is 5.04. The molecule has 1 aliphatic carbocycles. The predicted molar refractivity (Wildman–Crippen MR) is 103 cm³/mol. The molecule has 0 saturated heterocycles. The summed E-state index contributed by atoms with van der Waals surface area (Å²) < 4.78 is 6.14. The van der Waals surface area contributed by atoms with Gasteiger partial charge in [0.15, 0.2) is 0 Å². The first-order valence-corrected chi connectivity index (χ1v) is 8.86. The zero-order valence-corrected chi connectivity index (χ0v) is 14.8. The van der Waals surface area contributed by atoms with Gasteiger partial charge in [0.2, 0.25) is 0 Å². The van der Waals surface area contributed by atoms with E-state index in [1.807, 2.05) is 54.6 Å². The highest BCUT2D eigenvalue weighted by Crippen LogP contribution is 2.35. The molecule has 1 heterocycles. The topological polar surface area (TPSA) is 85.4 Å². The summed E-state index contributed by atoms with van der Waals surface area (Å²) in [5.74, 6) is 0.430. The monoisotopic (exact) mass is 360 g/mol. The highest BCUT2D eigenvalue weighted by atomic mass is 16.5. The van der Waals surface area contributed by atoms with Gasteiger partial charge in [-0.3, -0.25) is 9.78 Å². The van der Waals surface area contributed by atoms with E-state index in [-0.39, 0.29) is 0 Å². The minimum atomic E-state index is -1.21. The number of aryl methyl sites for hydroxylation is 1. The van der Waals surface area contributed by atoms with E-state index in [2.05, 4.69) is 4.98 Å². The van der Waals surface area contributed by atoms with Crippen molar-refractivity contribution >= 4 is 5.97 Å². The number of ether oxygens (including phenoxy) is 1. The third-order valence-electron chi connectivity index (χ3n) is 5.04. The van der Waals surface area contributed by atoms with Crippen LogP contribution in [0, 0.1) is 0 Å². The predicted octanol–water partition coefficient (Wildman–Crippen LogP) is 3.81. The molecule has 3 aromatic rings. The Hall–Kier alpha value is -3.18. The number of nitrogens with zero attached hydrogens (tertiary/aromatic N) is 1. The largest absolute Gasteiger partial charge is 0.480 e. The standard InChI is InChI=1S/C22H20N2O3/c23-22(21(25)26)10-9-15-7-8-18(12-17(15)13-22)27-20-6-2-1-5-19(20)16-4-3-11-24-14-16/h1-8,11-12,14H,9-10,13,23H2,(H,25,26). The molecule has 5 heteroatoms. The molecule has 0 bridgehead atoms. The van der Waals surface area contributed by atoms with Crippen molar-refractivity contribution in [3.8, 4) is 22.6 Å². The molecule has 1 atom stereocenters. The van der Waals surface area contributed by atoms with E-state index in [9.17, 15) is 9.90 Å². The quantitative estimate of drug-likeness (QED) is 0.739. The lowest BCUT2D eigenvalue weighted by molar-refractivity contribution is -0.143. The van der Waals surface area contributed by atoms with E-state index in [4.69, 9.17) is 10.5 Å². The summed E-state index contributed by atoms with van der Waals surface area (Å²) >= 11 is 0. The molecule has 3 N–H and O–H groups in total. The van der Waals surface area contributed by atoms with Crippen molar-refractivity contribution in [3.05, 3.63) is 78.1 Å². The lowest BCUT2D eigenvalue weighted by atomic mass is 9.78. The molecule has 5 nitrogen and oxygen atoms in total. The Morgan fingerprint density at radius 3 is 2.74 bits per heavy atom. The summed E-state index contributed by atoms with van der Waals surface area (Å²) in [6.45, 7) is 0. The van der Waals surface area contributed by atoms with Gasteiger partial charge in [-0.05, 0) is 48.2 Å². The number of pyridine rings is 1. The van der Waals surface area contributed by atoms with Gasteiger partial charge in [-0.1, -0.05) is 30.3 Å². The van der Waals surface area contributed by atoms with Crippen molar-refractivity contribution in [2.75, 3.05) is 0 Å². The van der Waals surface area contributed by atoms with Crippen molar-refractivity contribution in [3.63, 3.8) is 0 Å². The van der Waals surface area contributed by atoms with E-state index in [0.29, 0.717) is 25.0 Å². The molecule has 1 aromatic heterocycles. The number of carboxylic acids is 1. The van der Waals surface area contributed by atoms with Gasteiger partial charge in [0, 0.05) is 29.9 Å². The van der Waals surface area contributed by atoms with Crippen LogP contribution in [0.1, 0.15) is 17.5 Å². The second kappa shape index (κ2) is 6.85. The van der Waals surface area contributed by atoms with E-state index < -0.39 is 11.5 Å². The minimum absolute atomic E-state index is 0.305. The molecule has 0 saturated carbocycles. The van der Waals surface area contributed by atoms with E-state index in [1.165, 1.54) is 0 Å². The molecule has 2 aromatic carbocycles. The first-order chi connectivity index (χ1) is 13.0. The van der Waals surface area contributed by atoms with Gasteiger partial charge in [-0.2, -0.15) is 0 Å². The third kappa shape index (κ3) is 3.41. The van der Waals surface area contributed by atoms with Gasteiger partial charge in [0.25, 0.3) is 0 Å². The fourth-order valence-corrected chi connectivity index (χ4v) is 3.49. The fraction of sp³-hybridized carbons (Fsp3) is 0.182. The van der Waals surface area contributed by atoms with Crippen LogP contribution in [0.3, 0.4) is 0 Å². The maximum atomic E-state index is 11.5. The number of fused-ring (bicyclic) bond motifs is 1. The Morgan fingerprint density at radius 2 is 1.96 bits per heavy atom. The number of aliphatic carboxylic acids is 1. The number of rotatable bonds is 4. The molecule has 136 valence electrons. The molecular weight excluding hydrogens is 340 g/mol. The number of hydrogen-bond donors (Lipinski definition) is 2. The van der Waals surface area contributed by atoms with Gasteiger partial charge in [-0.15, -0.1) is 0 Å². The maximum Gasteiger partial charge on any atom is 0.324 e. The lowest BCUT2D eigenvalue weighted by Gasteiger charge is -2.31. The fourth-order valence-electron chi connectivity index (χ4n) is 3.49. The zero-order valence-electron chi connectivity index (χ0n) is 14.8. The molecular formula is C22H20N2O3. The van der Waals surface area contributed by atoms with Gasteiger partial charge in [0.1, 0.15) is 17.0 Å². The average Bonchev–Trinajstić information content (AvgIpc) is 2.69. The van der Waals surface area contributed by atoms with Crippen LogP contribution < -0.4 is 10.5 Å². The molecule has 1 unspecified atom stereocenters. The van der Waals surface area contributed by atoms with E-state index in [0.717, 1.165) is 28.0 Å². The van der Waals surface area contributed by atoms with Crippen LogP contribution in [0.15, 0.2) is 67.0 Å². The molecule has 0 aliphatic heterocycles. The minimum Gasteiger partial charge on any atom is -0.480 e. The van der Waals surface area contributed by atoms with Crippen LogP contribution >= 0.6 is 0 Å². The molecule has 0 radical (unpaired) electrons. The summed E-state index contributed by atoms with van der Waals surface area (Å²) in [5, 5.41) is 9.43. The van der Waals surface area contributed by atoms with Crippen LogP contribution in [0.25, 0.3) is 11.1 Å². The average molecular weight is 360 g/mol. The van der Waals surface area contributed by atoms with Crippen LogP contribution in [-0.2, 0) is 17.6 Å². The smallest absolute Gasteiger partial charge is 0.324 e. The highest BCUT2D eigenvalue weighted by Gasteiger charge is 2.37. The van der Waals surface area contributed by atoms with Crippen LogP contribution in [0.4, 0.5) is 0 Å². The van der Waals surface area contributed by atoms with Crippen molar-refractivity contribution in [1.29, 1.82) is 0 Å². The van der Waals surface area contributed by atoms with Crippen LogP contribution in [0.5, 0.6) is 11.5 Å². The van der Waals surface area contributed by atoms with Crippen molar-refractivity contribution in [2.45, 2.75) is 24.8 Å². The maximum absolute atomic E-state index is 11.5. The molecule has 0 spiro atoms. The Bertz CT molecular complexity index is 988. The Balaban J connectivity index is 1.65. The number of aromatic nitrogens is 1. The van der Waals surface area contributed by atoms with E-state index in [1.54, 1.807) is 12.4 Å². The lowest BCUT2D eigenvalue weighted by Crippen LogP contribution is -2.52. The first kappa shape index (κ1) is 17.2. The molecule has 0 fully saturated rings. The normalized spacial score (nSPS) is 18.6. The summed E-state index contributed by atoms with van der Waals surface area (Å²) in [7, 11) is 0. The summed E-state index contributed by atoms with van der Waals surface area (Å²) in [4.78, 5) is 15.7. The Labute approximate surface area is 157 Å². The van der Waals surface area contributed by atoms with Crippen LogP contribution in [-0.4, -0.2) is 21.6 Å². The number of nitrogens with two attached hydrogens (primary N) is 1. The van der Waals surface area contributed by atoms with Crippen molar-refractivity contribution in [1.82, 2.24) is 4.98 Å². The van der Waals surface area contributed by atoms with Gasteiger partial charge >= 0.3 is 5.97 Å². The Morgan fingerprint density at radius 1 is 1.11 bits per heavy atom. The molecule has 27 heavy (non-hydrogen) atoms. The van der Waals surface area contributed by atoms with Gasteiger partial charge in [0.05, 0.1) is 0 Å². The van der Waals surface area contributed by atoms with Gasteiger partial charge < -0.3 is 15.6 Å². The second-order valence-electron chi connectivity index (χ2n) is 6.91. The van der Waals surface area contributed by atoms with E-state index >= 15 is 0 Å². The SMILES string of the molecule is NC1(C(=O)O)CCc2ccc(Oc3ccccc3-c3cccnc3)cc2C1. The molecule has 4 rings (SSSR count). The molecule has 1 aliphatic rings. The van der Waals surface area contributed by atoms with Crippen molar-refractivity contribution in [2.24, 2.45) is 5.73 Å². The first-order valence-electron chi connectivity index (χ1n) is 8.86. The number of carbonyl (C=O) groups is 1. The number of para-hydroxylation sites is 1. The summed E-state index contributed by atoms with van der Waals surface area (Å²) in [5.41, 5.74) is 8.84. The Kier molecular flexibility index (Phi) is 4.38. The highest BCUT2D eigenvalue weighted by molar-refractivity contribution is 5.79. The van der Waals surface area contributed by atoms with Gasteiger partial charge in [-0.25, -0.2) is 0 Å². The molecule has 0 amide bonds. The number of benzene rings is 2. The zero-order chi connectivity index (χ0) is 18.9. The number of carboxylic acid groups (broad SMARTS) is 1.